The predicted octanol–water partition coefficient (Wildman–Crippen LogP) is 0.241. The summed E-state index contributed by atoms with van der Waals surface area (Å²) in [4.78, 5) is 22.7. The number of carboxylic acid groups (broad SMARTS) is 1. The average molecular weight is 266 g/mol. The number of benzene rings is 1. The molecule has 0 aliphatic heterocycles. The first-order valence-electron chi connectivity index (χ1n) is 6.00. The number of amides is 1. The SMILES string of the molecule is CC[C@H](N)C(=O)N[C@@H](Cc1ccc(O)cc1)C(=O)O. The van der Waals surface area contributed by atoms with E-state index in [-0.39, 0.29) is 12.2 Å². The summed E-state index contributed by atoms with van der Waals surface area (Å²) >= 11 is 0. The van der Waals surface area contributed by atoms with Gasteiger partial charge in [0.15, 0.2) is 0 Å². The van der Waals surface area contributed by atoms with Crippen LogP contribution in [0.15, 0.2) is 24.3 Å². The summed E-state index contributed by atoms with van der Waals surface area (Å²) in [5.41, 5.74) is 6.24. The van der Waals surface area contributed by atoms with E-state index in [1.54, 1.807) is 19.1 Å². The standard InChI is InChI=1S/C13H18N2O4/c1-2-10(14)12(17)15-11(13(18)19)7-8-3-5-9(16)6-4-8/h3-6,10-11,16H,2,7,14H2,1H3,(H,15,17)(H,18,19)/t10-,11-/m0/s1. The monoisotopic (exact) mass is 266 g/mol. The molecule has 0 saturated carbocycles. The summed E-state index contributed by atoms with van der Waals surface area (Å²) in [6.45, 7) is 1.75. The van der Waals surface area contributed by atoms with Crippen molar-refractivity contribution in [3.8, 4) is 5.75 Å². The number of aliphatic carboxylic acids is 1. The molecule has 0 saturated heterocycles. The van der Waals surface area contributed by atoms with Gasteiger partial charge in [0.1, 0.15) is 11.8 Å². The fourth-order valence-electron chi connectivity index (χ4n) is 1.53. The van der Waals surface area contributed by atoms with E-state index in [9.17, 15) is 9.59 Å². The largest absolute Gasteiger partial charge is 0.508 e. The molecule has 19 heavy (non-hydrogen) atoms. The van der Waals surface area contributed by atoms with E-state index in [1.807, 2.05) is 0 Å². The molecule has 0 radical (unpaired) electrons. The molecule has 0 unspecified atom stereocenters. The van der Waals surface area contributed by atoms with E-state index in [0.29, 0.717) is 12.0 Å². The molecular formula is C13H18N2O4. The Kier molecular flexibility index (Phi) is 5.32. The Morgan fingerprint density at radius 3 is 2.37 bits per heavy atom. The van der Waals surface area contributed by atoms with Crippen LogP contribution in [0.2, 0.25) is 0 Å². The quantitative estimate of drug-likeness (QED) is 0.589. The van der Waals surface area contributed by atoms with Crippen LogP contribution in [0, 0.1) is 0 Å². The number of nitrogens with one attached hydrogen (secondary N) is 1. The van der Waals surface area contributed by atoms with Crippen LogP contribution in [-0.4, -0.2) is 34.2 Å². The lowest BCUT2D eigenvalue weighted by atomic mass is 10.1. The number of carbonyl (C=O) groups excluding carboxylic acids is 1. The second-order valence-electron chi connectivity index (χ2n) is 4.28. The Labute approximate surface area is 111 Å². The summed E-state index contributed by atoms with van der Waals surface area (Å²) in [7, 11) is 0. The second-order valence-corrected chi connectivity index (χ2v) is 4.28. The molecule has 0 bridgehead atoms. The summed E-state index contributed by atoms with van der Waals surface area (Å²) in [6, 6.07) is 4.41. The lowest BCUT2D eigenvalue weighted by molar-refractivity contribution is -0.142. The summed E-state index contributed by atoms with van der Waals surface area (Å²) in [6.07, 6.45) is 0.579. The second kappa shape index (κ2) is 6.75. The first kappa shape index (κ1) is 15.0. The molecule has 1 aromatic carbocycles. The van der Waals surface area contributed by atoms with Crippen LogP contribution in [0.25, 0.3) is 0 Å². The number of carbonyl (C=O) groups is 2. The van der Waals surface area contributed by atoms with E-state index < -0.39 is 24.0 Å². The molecule has 2 atom stereocenters. The highest BCUT2D eigenvalue weighted by Crippen LogP contribution is 2.11. The zero-order valence-corrected chi connectivity index (χ0v) is 10.7. The van der Waals surface area contributed by atoms with Crippen molar-refractivity contribution in [3.63, 3.8) is 0 Å². The van der Waals surface area contributed by atoms with Gasteiger partial charge in [0.05, 0.1) is 6.04 Å². The third-order valence-electron chi connectivity index (χ3n) is 2.77. The number of hydrogen-bond donors (Lipinski definition) is 4. The van der Waals surface area contributed by atoms with Crippen molar-refractivity contribution in [2.24, 2.45) is 5.73 Å². The van der Waals surface area contributed by atoms with E-state index in [1.165, 1.54) is 12.1 Å². The van der Waals surface area contributed by atoms with Gasteiger partial charge in [0.2, 0.25) is 5.91 Å². The highest BCUT2D eigenvalue weighted by Gasteiger charge is 2.22. The highest BCUT2D eigenvalue weighted by molar-refractivity contribution is 5.86. The smallest absolute Gasteiger partial charge is 0.326 e. The van der Waals surface area contributed by atoms with Crippen LogP contribution in [0.3, 0.4) is 0 Å². The van der Waals surface area contributed by atoms with Gasteiger partial charge in [0.25, 0.3) is 0 Å². The Hall–Kier alpha value is -2.08. The highest BCUT2D eigenvalue weighted by atomic mass is 16.4. The van der Waals surface area contributed by atoms with Gasteiger partial charge in [-0.1, -0.05) is 19.1 Å². The minimum absolute atomic E-state index is 0.104. The third kappa shape index (κ3) is 4.59. The summed E-state index contributed by atoms with van der Waals surface area (Å²) in [5, 5.41) is 20.6. The van der Waals surface area contributed by atoms with Crippen molar-refractivity contribution in [2.75, 3.05) is 0 Å². The lowest BCUT2D eigenvalue weighted by Gasteiger charge is -2.17. The van der Waals surface area contributed by atoms with E-state index in [2.05, 4.69) is 5.32 Å². The maximum Gasteiger partial charge on any atom is 0.326 e. The first-order chi connectivity index (χ1) is 8.93. The van der Waals surface area contributed by atoms with Crippen molar-refractivity contribution >= 4 is 11.9 Å². The number of aromatic hydroxyl groups is 1. The lowest BCUT2D eigenvalue weighted by Crippen LogP contribution is -2.49. The fraction of sp³-hybridized carbons (Fsp3) is 0.385. The van der Waals surface area contributed by atoms with E-state index in [0.717, 1.165) is 0 Å². The van der Waals surface area contributed by atoms with Crippen molar-refractivity contribution < 1.29 is 19.8 Å². The first-order valence-corrected chi connectivity index (χ1v) is 6.00. The number of phenolic OH excluding ortho intramolecular Hbond substituents is 1. The van der Waals surface area contributed by atoms with Gasteiger partial charge in [-0.05, 0) is 24.1 Å². The Morgan fingerprint density at radius 1 is 1.32 bits per heavy atom. The molecule has 6 heteroatoms. The Morgan fingerprint density at radius 2 is 1.89 bits per heavy atom. The maximum atomic E-state index is 11.6. The number of hydrogen-bond acceptors (Lipinski definition) is 4. The van der Waals surface area contributed by atoms with Gasteiger partial charge < -0.3 is 21.3 Å². The molecule has 0 aliphatic rings. The van der Waals surface area contributed by atoms with E-state index >= 15 is 0 Å². The van der Waals surface area contributed by atoms with Gasteiger partial charge in [-0.25, -0.2) is 4.79 Å². The van der Waals surface area contributed by atoms with Gasteiger partial charge in [-0.3, -0.25) is 4.79 Å². The predicted molar refractivity (Wildman–Crippen MR) is 69.6 cm³/mol. The average Bonchev–Trinajstić information content (AvgIpc) is 2.39. The zero-order valence-electron chi connectivity index (χ0n) is 10.7. The Balaban J connectivity index is 2.71. The van der Waals surface area contributed by atoms with E-state index in [4.69, 9.17) is 15.9 Å². The minimum atomic E-state index is -1.12. The van der Waals surface area contributed by atoms with Gasteiger partial charge in [0, 0.05) is 6.42 Å². The molecular weight excluding hydrogens is 248 g/mol. The molecule has 1 amide bonds. The number of phenols is 1. The van der Waals surface area contributed by atoms with Crippen molar-refractivity contribution in [3.05, 3.63) is 29.8 Å². The molecule has 1 rings (SSSR count). The topological polar surface area (TPSA) is 113 Å². The number of nitrogens with two attached hydrogens (primary N) is 1. The van der Waals surface area contributed by atoms with Crippen molar-refractivity contribution in [1.29, 1.82) is 0 Å². The van der Waals surface area contributed by atoms with Crippen LogP contribution in [-0.2, 0) is 16.0 Å². The number of carboxylic acids is 1. The maximum absolute atomic E-state index is 11.6. The van der Waals surface area contributed by atoms with Crippen LogP contribution in [0.5, 0.6) is 5.75 Å². The van der Waals surface area contributed by atoms with Gasteiger partial charge >= 0.3 is 5.97 Å². The van der Waals surface area contributed by atoms with Crippen molar-refractivity contribution in [2.45, 2.75) is 31.8 Å². The Bertz CT molecular complexity index is 444. The molecule has 0 fully saturated rings. The fourth-order valence-corrected chi connectivity index (χ4v) is 1.53. The summed E-state index contributed by atoms with van der Waals surface area (Å²) < 4.78 is 0. The molecule has 0 heterocycles. The molecule has 0 spiro atoms. The van der Waals surface area contributed by atoms with Crippen LogP contribution in [0.4, 0.5) is 0 Å². The van der Waals surface area contributed by atoms with Gasteiger partial charge in [-0.2, -0.15) is 0 Å². The minimum Gasteiger partial charge on any atom is -0.508 e. The van der Waals surface area contributed by atoms with Crippen LogP contribution in [0.1, 0.15) is 18.9 Å². The number of rotatable bonds is 6. The molecule has 0 aromatic heterocycles. The third-order valence-corrected chi connectivity index (χ3v) is 2.77. The van der Waals surface area contributed by atoms with Crippen molar-refractivity contribution in [1.82, 2.24) is 5.32 Å². The molecule has 1 aromatic rings. The molecule has 5 N–H and O–H groups in total. The summed E-state index contributed by atoms with van der Waals surface area (Å²) in [5.74, 6) is -1.49. The normalized spacial score (nSPS) is 13.6. The van der Waals surface area contributed by atoms with Crippen LogP contribution < -0.4 is 11.1 Å². The zero-order chi connectivity index (χ0) is 14.4. The molecule has 104 valence electrons. The molecule has 0 aliphatic carbocycles. The van der Waals surface area contributed by atoms with Gasteiger partial charge in [-0.15, -0.1) is 0 Å². The van der Waals surface area contributed by atoms with Crippen LogP contribution >= 0.6 is 0 Å². The molecule has 6 nitrogen and oxygen atoms in total.